The van der Waals surface area contributed by atoms with Crippen LogP contribution in [-0.4, -0.2) is 68.1 Å². The lowest BCUT2D eigenvalue weighted by Gasteiger charge is -2.33. The summed E-state index contributed by atoms with van der Waals surface area (Å²) in [5, 5.41) is 2.93. The molecule has 1 fully saturated rings. The van der Waals surface area contributed by atoms with Gasteiger partial charge in [-0.05, 0) is 5.56 Å². The molecular formula is C16H23N3O3. The average Bonchev–Trinajstić information content (AvgIpc) is 2.55. The molecule has 1 heterocycles. The van der Waals surface area contributed by atoms with E-state index in [-0.39, 0.29) is 11.9 Å². The summed E-state index contributed by atoms with van der Waals surface area (Å²) < 4.78 is 4.66. The molecule has 1 N–H and O–H groups in total. The molecule has 6 heteroatoms. The lowest BCUT2D eigenvalue weighted by molar-refractivity contribution is -0.142. The fourth-order valence-electron chi connectivity index (χ4n) is 2.41. The Balaban J connectivity index is 1.65. The molecule has 2 rings (SSSR count). The molecule has 0 aliphatic carbocycles. The Morgan fingerprint density at radius 2 is 1.64 bits per heavy atom. The fourth-order valence-corrected chi connectivity index (χ4v) is 2.41. The number of ether oxygens (including phenoxy) is 1. The first-order chi connectivity index (χ1) is 10.7. The zero-order chi connectivity index (χ0) is 15.8. The van der Waals surface area contributed by atoms with Crippen molar-refractivity contribution in [3.63, 3.8) is 0 Å². The number of carbonyl (C=O) groups excluding carboxylic acids is 2. The molecule has 0 atom stereocenters. The molecule has 0 aromatic heterocycles. The monoisotopic (exact) mass is 305 g/mol. The molecule has 120 valence electrons. The van der Waals surface area contributed by atoms with E-state index in [1.807, 2.05) is 35.2 Å². The SMILES string of the molecule is COC(=O)CN1CCN(CC(=O)NCc2ccccc2)CC1. The van der Waals surface area contributed by atoms with Crippen molar-refractivity contribution in [3.05, 3.63) is 35.9 Å². The molecular weight excluding hydrogens is 282 g/mol. The zero-order valence-corrected chi connectivity index (χ0v) is 13.0. The number of nitrogens with one attached hydrogen (secondary N) is 1. The smallest absolute Gasteiger partial charge is 0.319 e. The normalized spacial score (nSPS) is 16.2. The number of piperazine rings is 1. The molecule has 0 spiro atoms. The Morgan fingerprint density at radius 3 is 2.23 bits per heavy atom. The number of benzene rings is 1. The summed E-state index contributed by atoms with van der Waals surface area (Å²) in [6.07, 6.45) is 0. The molecule has 0 saturated carbocycles. The number of rotatable bonds is 6. The Bertz CT molecular complexity index is 485. The van der Waals surface area contributed by atoms with Gasteiger partial charge in [-0.15, -0.1) is 0 Å². The third kappa shape index (κ3) is 5.46. The number of amides is 1. The van der Waals surface area contributed by atoms with E-state index in [4.69, 9.17) is 0 Å². The third-order valence-electron chi connectivity index (χ3n) is 3.75. The Labute approximate surface area is 131 Å². The molecule has 1 aliphatic rings. The number of hydrogen-bond donors (Lipinski definition) is 1. The zero-order valence-electron chi connectivity index (χ0n) is 13.0. The lowest BCUT2D eigenvalue weighted by Crippen LogP contribution is -2.50. The molecule has 1 amide bonds. The number of hydrogen-bond acceptors (Lipinski definition) is 5. The largest absolute Gasteiger partial charge is 0.468 e. The quantitative estimate of drug-likeness (QED) is 0.755. The second-order valence-electron chi connectivity index (χ2n) is 5.39. The summed E-state index contributed by atoms with van der Waals surface area (Å²) >= 11 is 0. The van der Waals surface area contributed by atoms with Gasteiger partial charge in [-0.1, -0.05) is 30.3 Å². The summed E-state index contributed by atoms with van der Waals surface area (Å²) in [6.45, 7) is 4.42. The van der Waals surface area contributed by atoms with Crippen molar-refractivity contribution in [3.8, 4) is 0 Å². The molecule has 1 saturated heterocycles. The van der Waals surface area contributed by atoms with Gasteiger partial charge in [0.15, 0.2) is 0 Å². The van der Waals surface area contributed by atoms with Crippen molar-refractivity contribution < 1.29 is 14.3 Å². The van der Waals surface area contributed by atoms with E-state index in [0.717, 1.165) is 31.7 Å². The van der Waals surface area contributed by atoms with Crippen molar-refractivity contribution in [2.75, 3.05) is 46.4 Å². The van der Waals surface area contributed by atoms with Crippen molar-refractivity contribution >= 4 is 11.9 Å². The highest BCUT2D eigenvalue weighted by Crippen LogP contribution is 2.02. The van der Waals surface area contributed by atoms with Gasteiger partial charge in [0, 0.05) is 32.7 Å². The van der Waals surface area contributed by atoms with E-state index in [2.05, 4.69) is 15.0 Å². The highest BCUT2D eigenvalue weighted by molar-refractivity contribution is 5.78. The molecule has 1 aliphatic heterocycles. The number of carbonyl (C=O) groups is 2. The molecule has 1 aromatic carbocycles. The van der Waals surface area contributed by atoms with Crippen molar-refractivity contribution in [1.29, 1.82) is 0 Å². The summed E-state index contributed by atoms with van der Waals surface area (Å²) in [4.78, 5) is 27.3. The first-order valence-electron chi connectivity index (χ1n) is 7.49. The summed E-state index contributed by atoms with van der Waals surface area (Å²) in [5.74, 6) is -0.181. The highest BCUT2D eigenvalue weighted by atomic mass is 16.5. The van der Waals surface area contributed by atoms with Crippen molar-refractivity contribution in [2.24, 2.45) is 0 Å². The predicted molar refractivity (Wildman–Crippen MR) is 83.2 cm³/mol. The van der Waals surface area contributed by atoms with Crippen LogP contribution in [0.1, 0.15) is 5.56 Å². The lowest BCUT2D eigenvalue weighted by atomic mass is 10.2. The second-order valence-corrected chi connectivity index (χ2v) is 5.39. The van der Waals surface area contributed by atoms with Crippen LogP contribution in [0.15, 0.2) is 30.3 Å². The van der Waals surface area contributed by atoms with E-state index in [1.165, 1.54) is 7.11 Å². The van der Waals surface area contributed by atoms with Crippen LogP contribution >= 0.6 is 0 Å². The number of nitrogens with zero attached hydrogens (tertiary/aromatic N) is 2. The van der Waals surface area contributed by atoms with Crippen LogP contribution in [0.25, 0.3) is 0 Å². The van der Waals surface area contributed by atoms with E-state index in [1.54, 1.807) is 0 Å². The van der Waals surface area contributed by atoms with E-state index in [9.17, 15) is 9.59 Å². The van der Waals surface area contributed by atoms with E-state index in [0.29, 0.717) is 19.6 Å². The van der Waals surface area contributed by atoms with Gasteiger partial charge in [-0.3, -0.25) is 19.4 Å². The van der Waals surface area contributed by atoms with Gasteiger partial charge in [0.1, 0.15) is 0 Å². The molecule has 6 nitrogen and oxygen atoms in total. The van der Waals surface area contributed by atoms with Gasteiger partial charge in [0.2, 0.25) is 5.91 Å². The van der Waals surface area contributed by atoms with Crippen LogP contribution in [0.4, 0.5) is 0 Å². The Hall–Kier alpha value is -1.92. The minimum atomic E-state index is -0.214. The van der Waals surface area contributed by atoms with E-state index < -0.39 is 0 Å². The predicted octanol–water partition coefficient (Wildman–Crippen LogP) is 0.0934. The van der Waals surface area contributed by atoms with Gasteiger partial charge in [0.25, 0.3) is 0 Å². The second kappa shape index (κ2) is 8.51. The van der Waals surface area contributed by atoms with Gasteiger partial charge >= 0.3 is 5.97 Å². The molecule has 0 unspecified atom stereocenters. The van der Waals surface area contributed by atoms with Crippen LogP contribution in [-0.2, 0) is 20.9 Å². The minimum Gasteiger partial charge on any atom is -0.468 e. The standard InChI is InChI=1S/C16H23N3O3/c1-22-16(21)13-19-9-7-18(8-10-19)12-15(20)17-11-14-5-3-2-4-6-14/h2-6H,7-13H2,1H3,(H,17,20). The summed E-state index contributed by atoms with van der Waals surface area (Å²) in [6, 6.07) is 9.86. The van der Waals surface area contributed by atoms with Gasteiger partial charge in [-0.2, -0.15) is 0 Å². The highest BCUT2D eigenvalue weighted by Gasteiger charge is 2.20. The van der Waals surface area contributed by atoms with Gasteiger partial charge in [-0.25, -0.2) is 0 Å². The number of esters is 1. The maximum atomic E-state index is 11.9. The first-order valence-corrected chi connectivity index (χ1v) is 7.49. The van der Waals surface area contributed by atoms with Crippen LogP contribution in [0.3, 0.4) is 0 Å². The maximum Gasteiger partial charge on any atom is 0.319 e. The van der Waals surface area contributed by atoms with Crippen LogP contribution in [0.2, 0.25) is 0 Å². The van der Waals surface area contributed by atoms with E-state index >= 15 is 0 Å². The maximum absolute atomic E-state index is 11.9. The third-order valence-corrected chi connectivity index (χ3v) is 3.75. The number of methoxy groups -OCH3 is 1. The summed E-state index contributed by atoms with van der Waals surface area (Å²) in [5.41, 5.74) is 1.10. The van der Waals surface area contributed by atoms with Gasteiger partial charge < -0.3 is 10.1 Å². The van der Waals surface area contributed by atoms with Crippen molar-refractivity contribution in [2.45, 2.75) is 6.54 Å². The molecule has 22 heavy (non-hydrogen) atoms. The minimum absolute atomic E-state index is 0.0327. The van der Waals surface area contributed by atoms with Gasteiger partial charge in [0.05, 0.1) is 20.2 Å². The molecule has 1 aromatic rings. The first kappa shape index (κ1) is 16.5. The van der Waals surface area contributed by atoms with Crippen LogP contribution < -0.4 is 5.32 Å². The van der Waals surface area contributed by atoms with Crippen LogP contribution in [0, 0.1) is 0 Å². The Morgan fingerprint density at radius 1 is 1.05 bits per heavy atom. The molecule has 0 radical (unpaired) electrons. The fraction of sp³-hybridized carbons (Fsp3) is 0.500. The summed E-state index contributed by atoms with van der Waals surface area (Å²) in [7, 11) is 1.40. The Kier molecular flexibility index (Phi) is 6.36. The molecule has 0 bridgehead atoms. The van der Waals surface area contributed by atoms with Crippen molar-refractivity contribution in [1.82, 2.24) is 15.1 Å². The van der Waals surface area contributed by atoms with Crippen LogP contribution in [0.5, 0.6) is 0 Å². The topological polar surface area (TPSA) is 61.9 Å². The average molecular weight is 305 g/mol.